The van der Waals surface area contributed by atoms with Gasteiger partial charge in [0.25, 0.3) is 0 Å². The van der Waals surface area contributed by atoms with Crippen molar-refractivity contribution in [3.63, 3.8) is 0 Å². The number of methoxy groups -OCH3 is 1. The molecule has 0 amide bonds. The number of ether oxygens (including phenoxy) is 2. The number of aromatic nitrogens is 4. The molecule has 0 radical (unpaired) electrons. The third kappa shape index (κ3) is 4.07. The lowest BCUT2D eigenvalue weighted by Gasteiger charge is -2.05. The summed E-state index contributed by atoms with van der Waals surface area (Å²) in [6.07, 6.45) is 0.714. The molecule has 0 aliphatic carbocycles. The van der Waals surface area contributed by atoms with E-state index >= 15 is 0 Å². The van der Waals surface area contributed by atoms with Crippen LogP contribution in [0.25, 0.3) is 11.4 Å². The van der Waals surface area contributed by atoms with E-state index in [1.807, 2.05) is 24.3 Å². The molecule has 0 spiro atoms. The monoisotopic (exact) mass is 328 g/mol. The van der Waals surface area contributed by atoms with E-state index in [0.29, 0.717) is 31.1 Å². The van der Waals surface area contributed by atoms with Crippen molar-refractivity contribution < 1.29 is 13.9 Å². The second-order valence-electron chi connectivity index (χ2n) is 5.10. The van der Waals surface area contributed by atoms with Crippen LogP contribution in [-0.4, -0.2) is 33.9 Å². The smallest absolute Gasteiger partial charge is 0.205 e. The maximum absolute atomic E-state index is 12.8. The third-order valence-electron chi connectivity index (χ3n) is 3.37. The lowest BCUT2D eigenvalue weighted by Crippen LogP contribution is -2.07. The minimum Gasteiger partial charge on any atom is -0.497 e. The molecule has 0 unspecified atom stereocenters. The molecule has 2 aromatic carbocycles. The van der Waals surface area contributed by atoms with Crippen LogP contribution in [0.1, 0.15) is 6.42 Å². The van der Waals surface area contributed by atoms with E-state index in [1.165, 1.54) is 16.9 Å². The van der Waals surface area contributed by atoms with Crippen LogP contribution in [0.4, 0.5) is 4.39 Å². The number of hydrogen-bond acceptors (Lipinski definition) is 5. The number of hydrogen-bond donors (Lipinski definition) is 0. The van der Waals surface area contributed by atoms with Crippen LogP contribution in [0.5, 0.6) is 11.5 Å². The quantitative estimate of drug-likeness (QED) is 0.624. The van der Waals surface area contributed by atoms with Crippen molar-refractivity contribution in [2.75, 3.05) is 13.7 Å². The van der Waals surface area contributed by atoms with Crippen molar-refractivity contribution in [3.05, 3.63) is 54.3 Å². The first kappa shape index (κ1) is 15.9. The molecular weight excluding hydrogens is 311 g/mol. The van der Waals surface area contributed by atoms with Crippen LogP contribution in [0, 0.1) is 5.82 Å². The molecule has 3 aromatic rings. The summed E-state index contributed by atoms with van der Waals surface area (Å²) in [5.74, 6) is 1.66. The maximum Gasteiger partial charge on any atom is 0.205 e. The fourth-order valence-corrected chi connectivity index (χ4v) is 2.14. The van der Waals surface area contributed by atoms with E-state index in [2.05, 4.69) is 15.4 Å². The molecule has 24 heavy (non-hydrogen) atoms. The van der Waals surface area contributed by atoms with Gasteiger partial charge in [0.2, 0.25) is 5.82 Å². The first-order chi connectivity index (χ1) is 11.7. The fraction of sp³-hybridized carbons (Fsp3) is 0.235. The van der Waals surface area contributed by atoms with Gasteiger partial charge in [-0.2, -0.15) is 4.80 Å². The Morgan fingerprint density at radius 1 is 1.08 bits per heavy atom. The Balaban J connectivity index is 1.51. The van der Waals surface area contributed by atoms with Crippen LogP contribution >= 0.6 is 0 Å². The van der Waals surface area contributed by atoms with Crippen LogP contribution in [-0.2, 0) is 6.54 Å². The summed E-state index contributed by atoms with van der Waals surface area (Å²) in [5, 5.41) is 12.4. The normalized spacial score (nSPS) is 10.6. The van der Waals surface area contributed by atoms with E-state index < -0.39 is 0 Å². The van der Waals surface area contributed by atoms with Gasteiger partial charge in [-0.3, -0.25) is 0 Å². The van der Waals surface area contributed by atoms with E-state index in [9.17, 15) is 4.39 Å². The van der Waals surface area contributed by atoms with Gasteiger partial charge in [0, 0.05) is 12.0 Å². The predicted molar refractivity (Wildman–Crippen MR) is 86.3 cm³/mol. The third-order valence-corrected chi connectivity index (χ3v) is 3.37. The van der Waals surface area contributed by atoms with Crippen molar-refractivity contribution in [3.8, 4) is 22.9 Å². The summed E-state index contributed by atoms with van der Waals surface area (Å²) < 4.78 is 23.5. The highest BCUT2D eigenvalue weighted by atomic mass is 19.1. The van der Waals surface area contributed by atoms with Crippen LogP contribution < -0.4 is 9.47 Å². The summed E-state index contributed by atoms with van der Waals surface area (Å²) in [7, 11) is 1.62. The molecule has 0 N–H and O–H groups in total. The van der Waals surface area contributed by atoms with Crippen molar-refractivity contribution in [2.45, 2.75) is 13.0 Å². The topological polar surface area (TPSA) is 62.1 Å². The Bertz CT molecular complexity index is 789. The SMILES string of the molecule is COc1cccc(-c2nnn(CCCOc3ccc(F)cc3)n2)c1. The van der Waals surface area contributed by atoms with Gasteiger partial charge in [-0.25, -0.2) is 4.39 Å². The van der Waals surface area contributed by atoms with Gasteiger partial charge in [-0.1, -0.05) is 12.1 Å². The average Bonchev–Trinajstić information content (AvgIpc) is 3.09. The summed E-state index contributed by atoms with van der Waals surface area (Å²) in [4.78, 5) is 1.53. The summed E-state index contributed by atoms with van der Waals surface area (Å²) in [5.41, 5.74) is 0.850. The fourth-order valence-electron chi connectivity index (χ4n) is 2.14. The van der Waals surface area contributed by atoms with Gasteiger partial charge < -0.3 is 9.47 Å². The minimum atomic E-state index is -0.278. The van der Waals surface area contributed by atoms with E-state index in [1.54, 1.807) is 19.2 Å². The lowest BCUT2D eigenvalue weighted by molar-refractivity contribution is 0.293. The number of aryl methyl sites for hydroxylation is 1. The van der Waals surface area contributed by atoms with E-state index in [4.69, 9.17) is 9.47 Å². The van der Waals surface area contributed by atoms with Crippen LogP contribution in [0.2, 0.25) is 0 Å². The van der Waals surface area contributed by atoms with Gasteiger partial charge in [0.15, 0.2) is 0 Å². The lowest BCUT2D eigenvalue weighted by atomic mass is 10.2. The van der Waals surface area contributed by atoms with Gasteiger partial charge in [-0.15, -0.1) is 10.2 Å². The molecule has 124 valence electrons. The van der Waals surface area contributed by atoms with Gasteiger partial charge >= 0.3 is 0 Å². The van der Waals surface area contributed by atoms with Crippen molar-refractivity contribution in [1.82, 2.24) is 20.2 Å². The predicted octanol–water partition coefficient (Wildman–Crippen LogP) is 2.96. The molecule has 0 bridgehead atoms. The Morgan fingerprint density at radius 2 is 1.92 bits per heavy atom. The molecule has 1 heterocycles. The number of tetrazole rings is 1. The molecule has 6 nitrogen and oxygen atoms in total. The van der Waals surface area contributed by atoms with Gasteiger partial charge in [-0.05, 0) is 41.6 Å². The summed E-state index contributed by atoms with van der Waals surface area (Å²) >= 11 is 0. The molecule has 0 fully saturated rings. The molecule has 0 aliphatic heterocycles. The largest absolute Gasteiger partial charge is 0.497 e. The van der Waals surface area contributed by atoms with Crippen LogP contribution in [0.15, 0.2) is 48.5 Å². The van der Waals surface area contributed by atoms with Gasteiger partial charge in [0.05, 0.1) is 20.3 Å². The molecule has 0 aliphatic rings. The first-order valence-corrected chi connectivity index (χ1v) is 7.55. The number of rotatable bonds is 7. The number of benzene rings is 2. The molecule has 0 saturated carbocycles. The van der Waals surface area contributed by atoms with Gasteiger partial charge in [0.1, 0.15) is 17.3 Å². The van der Waals surface area contributed by atoms with E-state index in [-0.39, 0.29) is 5.82 Å². The summed E-state index contributed by atoms with van der Waals surface area (Å²) in [6.45, 7) is 1.07. The summed E-state index contributed by atoms with van der Waals surface area (Å²) in [6, 6.07) is 13.4. The second-order valence-corrected chi connectivity index (χ2v) is 5.10. The van der Waals surface area contributed by atoms with Crippen molar-refractivity contribution in [1.29, 1.82) is 0 Å². The highest BCUT2D eigenvalue weighted by Crippen LogP contribution is 2.19. The molecule has 0 atom stereocenters. The Labute approximate surface area is 138 Å². The standard InChI is InChI=1S/C17H17FN4O2/c1-23-16-5-2-4-13(12-16)17-19-21-22(20-17)10-3-11-24-15-8-6-14(18)7-9-15/h2,4-9,12H,3,10-11H2,1H3. The zero-order chi connectivity index (χ0) is 16.8. The number of nitrogens with zero attached hydrogens (tertiary/aromatic N) is 4. The molecule has 7 heteroatoms. The molecule has 3 rings (SSSR count). The Hall–Kier alpha value is -2.96. The minimum absolute atomic E-state index is 0.278. The van der Waals surface area contributed by atoms with Crippen molar-refractivity contribution >= 4 is 0 Å². The zero-order valence-corrected chi connectivity index (χ0v) is 13.2. The Kier molecular flexibility index (Phi) is 5.00. The molecule has 1 aromatic heterocycles. The highest BCUT2D eigenvalue weighted by Gasteiger charge is 2.07. The number of halogens is 1. The second kappa shape index (κ2) is 7.54. The van der Waals surface area contributed by atoms with Crippen LogP contribution in [0.3, 0.4) is 0 Å². The van der Waals surface area contributed by atoms with Crippen molar-refractivity contribution in [2.24, 2.45) is 0 Å². The maximum atomic E-state index is 12.8. The zero-order valence-electron chi connectivity index (χ0n) is 13.2. The average molecular weight is 328 g/mol. The van der Waals surface area contributed by atoms with E-state index in [0.717, 1.165) is 11.3 Å². The highest BCUT2D eigenvalue weighted by molar-refractivity contribution is 5.56. The first-order valence-electron chi connectivity index (χ1n) is 7.55. The molecule has 0 saturated heterocycles. The Morgan fingerprint density at radius 3 is 2.71 bits per heavy atom. The molecular formula is C17H17FN4O2.